The molecule has 0 spiro atoms. The minimum absolute atomic E-state index is 0.00173. The van der Waals surface area contributed by atoms with Crippen LogP contribution in [0.5, 0.6) is 0 Å². The summed E-state index contributed by atoms with van der Waals surface area (Å²) in [7, 11) is 1.78. The van der Waals surface area contributed by atoms with Crippen molar-refractivity contribution in [3.05, 3.63) is 66.2 Å². The zero-order chi connectivity index (χ0) is 24.1. The summed E-state index contributed by atoms with van der Waals surface area (Å²) in [5, 5.41) is 6.55. The highest BCUT2D eigenvalue weighted by Gasteiger charge is 2.31. The average Bonchev–Trinajstić information content (AvgIpc) is 3.34. The van der Waals surface area contributed by atoms with Gasteiger partial charge < -0.3 is 15.0 Å². The van der Waals surface area contributed by atoms with Crippen LogP contribution in [0.3, 0.4) is 0 Å². The fourth-order valence-corrected chi connectivity index (χ4v) is 3.78. The number of morpholine rings is 1. The number of anilines is 2. The number of hydrogen-bond acceptors (Lipinski definition) is 6. The molecule has 11 heteroatoms. The van der Waals surface area contributed by atoms with Gasteiger partial charge >= 0.3 is 6.18 Å². The van der Waals surface area contributed by atoms with Gasteiger partial charge in [0.2, 0.25) is 5.91 Å². The van der Waals surface area contributed by atoms with E-state index in [1.165, 1.54) is 23.4 Å². The number of likely N-dealkylation sites (N-methyl/N-ethyl adjacent to an activating group) is 1. The predicted octanol–water partition coefficient (Wildman–Crippen LogP) is 3.19. The molecule has 1 aliphatic rings. The molecular weight excluding hydrogens is 449 g/mol. The first-order valence-electron chi connectivity index (χ1n) is 10.8. The average molecular weight is 474 g/mol. The minimum atomic E-state index is -4.54. The molecule has 0 atom stereocenters. The number of ether oxygens (including phenoxy) is 1. The topological polar surface area (TPSA) is 75.5 Å². The van der Waals surface area contributed by atoms with Crippen LogP contribution < -0.4 is 10.2 Å². The van der Waals surface area contributed by atoms with E-state index >= 15 is 0 Å². The lowest BCUT2D eigenvalue weighted by molar-refractivity contribution is -0.137. The van der Waals surface area contributed by atoms with Crippen molar-refractivity contribution in [2.45, 2.75) is 12.7 Å². The summed E-state index contributed by atoms with van der Waals surface area (Å²) in [6.07, 6.45) is -1.92. The second-order valence-electron chi connectivity index (χ2n) is 8.06. The minimum Gasteiger partial charge on any atom is -0.378 e. The van der Waals surface area contributed by atoms with Crippen molar-refractivity contribution in [1.29, 1.82) is 0 Å². The summed E-state index contributed by atoms with van der Waals surface area (Å²) in [6, 6.07) is 11.2. The molecule has 8 nitrogen and oxygen atoms in total. The van der Waals surface area contributed by atoms with E-state index < -0.39 is 17.6 Å². The molecule has 2 heterocycles. The molecule has 1 saturated heterocycles. The van der Waals surface area contributed by atoms with Crippen molar-refractivity contribution in [3.63, 3.8) is 0 Å². The molecule has 4 rings (SSSR count). The third kappa shape index (κ3) is 5.91. The molecule has 0 saturated carbocycles. The quantitative estimate of drug-likeness (QED) is 0.567. The lowest BCUT2D eigenvalue weighted by Gasteiger charge is -2.29. The Labute approximate surface area is 194 Å². The summed E-state index contributed by atoms with van der Waals surface area (Å²) >= 11 is 0. The zero-order valence-corrected chi connectivity index (χ0v) is 18.6. The van der Waals surface area contributed by atoms with Crippen LogP contribution in [0.2, 0.25) is 0 Å². The maximum atomic E-state index is 13.2. The monoisotopic (exact) mass is 474 g/mol. The highest BCUT2D eigenvalue weighted by Crippen LogP contribution is 2.33. The van der Waals surface area contributed by atoms with Crippen LogP contribution in [0, 0.1) is 0 Å². The van der Waals surface area contributed by atoms with E-state index in [4.69, 9.17) is 4.74 Å². The van der Waals surface area contributed by atoms with Crippen LogP contribution >= 0.6 is 0 Å². The molecule has 0 aliphatic carbocycles. The molecule has 1 aromatic heterocycles. The summed E-state index contributed by atoms with van der Waals surface area (Å²) in [5.41, 5.74) is 1.58. The zero-order valence-electron chi connectivity index (χ0n) is 18.6. The van der Waals surface area contributed by atoms with Crippen LogP contribution in [-0.2, 0) is 22.3 Å². The molecule has 1 aliphatic heterocycles. The Hall–Kier alpha value is -3.44. The van der Waals surface area contributed by atoms with E-state index in [0.717, 1.165) is 36.5 Å². The number of nitrogens with one attached hydrogen (secondary N) is 1. The van der Waals surface area contributed by atoms with Crippen LogP contribution in [0.25, 0.3) is 5.69 Å². The molecule has 1 N–H and O–H groups in total. The van der Waals surface area contributed by atoms with Gasteiger partial charge in [0.25, 0.3) is 0 Å². The number of rotatable bonds is 7. The molecule has 180 valence electrons. The number of carbonyl (C=O) groups is 1. The maximum absolute atomic E-state index is 13.2. The van der Waals surface area contributed by atoms with E-state index in [2.05, 4.69) is 20.3 Å². The lowest BCUT2D eigenvalue weighted by atomic mass is 10.1. The summed E-state index contributed by atoms with van der Waals surface area (Å²) in [5.74, 6) is -0.437. The van der Waals surface area contributed by atoms with Gasteiger partial charge in [-0.2, -0.15) is 18.3 Å². The second-order valence-corrected chi connectivity index (χ2v) is 8.06. The first-order valence-corrected chi connectivity index (χ1v) is 10.8. The number of amides is 1. The molecular formula is C23H25F3N6O2. The third-order valence-electron chi connectivity index (χ3n) is 5.44. The fraction of sp³-hybridized carbons (Fsp3) is 0.348. The highest BCUT2D eigenvalue weighted by molar-refractivity contribution is 5.94. The van der Waals surface area contributed by atoms with Gasteiger partial charge in [0.15, 0.2) is 0 Å². The van der Waals surface area contributed by atoms with Crippen LogP contribution in [0.15, 0.2) is 55.1 Å². The Morgan fingerprint density at radius 3 is 2.53 bits per heavy atom. The predicted molar refractivity (Wildman–Crippen MR) is 121 cm³/mol. The van der Waals surface area contributed by atoms with Crippen LogP contribution in [0.4, 0.5) is 24.5 Å². The normalized spacial score (nSPS) is 14.4. The second kappa shape index (κ2) is 10.2. The first-order chi connectivity index (χ1) is 16.3. The smallest absolute Gasteiger partial charge is 0.378 e. The van der Waals surface area contributed by atoms with Crippen LogP contribution in [-0.4, -0.2) is 65.5 Å². The number of benzene rings is 2. The molecule has 34 heavy (non-hydrogen) atoms. The van der Waals surface area contributed by atoms with Gasteiger partial charge in [-0.25, -0.2) is 9.67 Å². The van der Waals surface area contributed by atoms with Crippen molar-refractivity contribution >= 4 is 17.3 Å². The van der Waals surface area contributed by atoms with Gasteiger partial charge in [-0.15, -0.1) is 0 Å². The van der Waals surface area contributed by atoms with Crippen molar-refractivity contribution in [1.82, 2.24) is 19.7 Å². The van der Waals surface area contributed by atoms with Gasteiger partial charge in [0.1, 0.15) is 12.7 Å². The largest absolute Gasteiger partial charge is 0.416 e. The van der Waals surface area contributed by atoms with Gasteiger partial charge in [-0.1, -0.05) is 12.1 Å². The Morgan fingerprint density at radius 1 is 1.15 bits per heavy atom. The van der Waals surface area contributed by atoms with Crippen molar-refractivity contribution < 1.29 is 22.7 Å². The van der Waals surface area contributed by atoms with E-state index in [9.17, 15) is 18.0 Å². The number of carbonyl (C=O) groups excluding carboxylic acids is 1. The van der Waals surface area contributed by atoms with E-state index in [-0.39, 0.29) is 12.2 Å². The number of halogens is 3. The fourth-order valence-electron chi connectivity index (χ4n) is 3.78. The Balaban J connectivity index is 1.40. The molecule has 0 bridgehead atoms. The van der Waals surface area contributed by atoms with E-state index in [0.29, 0.717) is 25.4 Å². The van der Waals surface area contributed by atoms with Gasteiger partial charge in [-0.05, 0) is 42.9 Å². The number of aromatic nitrogens is 3. The summed E-state index contributed by atoms with van der Waals surface area (Å²) in [6.45, 7) is 3.64. The summed E-state index contributed by atoms with van der Waals surface area (Å²) < 4.78 is 46.3. The number of hydrogen-bond donors (Lipinski definition) is 1. The lowest BCUT2D eigenvalue weighted by Crippen LogP contribution is -2.36. The third-order valence-corrected chi connectivity index (χ3v) is 5.44. The molecule has 1 fully saturated rings. The van der Waals surface area contributed by atoms with Gasteiger partial charge in [0.05, 0.1) is 36.7 Å². The van der Waals surface area contributed by atoms with Gasteiger partial charge in [-0.3, -0.25) is 9.69 Å². The molecule has 0 radical (unpaired) electrons. The van der Waals surface area contributed by atoms with Gasteiger partial charge in [0, 0.05) is 25.3 Å². The molecule has 2 aromatic carbocycles. The maximum Gasteiger partial charge on any atom is 0.416 e. The number of alkyl halides is 3. The molecule has 0 unspecified atom stereocenters. The van der Waals surface area contributed by atoms with Crippen LogP contribution in [0.1, 0.15) is 11.1 Å². The number of nitrogens with zero attached hydrogens (tertiary/aromatic N) is 5. The van der Waals surface area contributed by atoms with E-state index in [1.54, 1.807) is 11.9 Å². The summed E-state index contributed by atoms with van der Waals surface area (Å²) in [4.78, 5) is 20.5. The SMILES string of the molecule is CN(CC(=O)Nc1cc(C(F)(F)F)ccc1-n1cncn1)Cc1ccc(N2CCOCC2)cc1. The molecule has 3 aromatic rings. The Kier molecular flexibility index (Phi) is 7.13. The first kappa shape index (κ1) is 23.7. The Bertz CT molecular complexity index is 1100. The van der Waals surface area contributed by atoms with Crippen molar-refractivity contribution in [3.8, 4) is 5.69 Å². The Morgan fingerprint density at radius 2 is 1.88 bits per heavy atom. The van der Waals surface area contributed by atoms with E-state index in [1.807, 2.05) is 24.3 Å². The standard InChI is InChI=1S/C23H25F3N6O2/c1-30(13-17-2-5-19(6-3-17)31-8-10-34-11-9-31)14-22(33)29-20-12-18(23(24,25)26)4-7-21(20)32-16-27-15-28-32/h2-7,12,15-16H,8-11,13-14H2,1H3,(H,29,33). The molecule has 1 amide bonds. The van der Waals surface area contributed by atoms with Crippen molar-refractivity contribution in [2.24, 2.45) is 0 Å². The van der Waals surface area contributed by atoms with Crippen molar-refractivity contribution in [2.75, 3.05) is 50.1 Å². The highest BCUT2D eigenvalue weighted by atomic mass is 19.4.